The molecule has 1 aliphatic heterocycles. The first kappa shape index (κ1) is 19.0. The highest BCUT2D eigenvalue weighted by atomic mass is 17.2. The monoisotopic (exact) mass is 367 g/mol. The van der Waals surface area contributed by atoms with Crippen LogP contribution in [0.1, 0.15) is 35.7 Å². The van der Waals surface area contributed by atoms with Crippen molar-refractivity contribution in [2.45, 2.75) is 26.2 Å². The fraction of sp³-hybridized carbons (Fsp3) is 0.375. The molecule has 0 saturated carbocycles. The number of hydroxylamine groups is 2. The van der Waals surface area contributed by atoms with Crippen LogP contribution in [0.15, 0.2) is 12.1 Å². The third-order valence-electron chi connectivity index (χ3n) is 3.58. The van der Waals surface area contributed by atoms with Crippen molar-refractivity contribution >= 4 is 23.9 Å². The Morgan fingerprint density at radius 2 is 1.69 bits per heavy atom. The van der Waals surface area contributed by atoms with Crippen molar-refractivity contribution in [3.63, 3.8) is 0 Å². The molecule has 1 aliphatic rings. The maximum Gasteiger partial charge on any atom is 0.576 e. The van der Waals surface area contributed by atoms with Gasteiger partial charge in [0, 0.05) is 18.4 Å². The minimum Gasteiger partial charge on any atom is -0.493 e. The van der Waals surface area contributed by atoms with E-state index in [2.05, 4.69) is 14.6 Å². The lowest BCUT2D eigenvalue weighted by Gasteiger charge is -2.15. The zero-order valence-electron chi connectivity index (χ0n) is 14.4. The smallest absolute Gasteiger partial charge is 0.493 e. The van der Waals surface area contributed by atoms with E-state index < -0.39 is 23.9 Å². The molecule has 0 aliphatic carbocycles. The number of methoxy groups -OCH3 is 2. The fourth-order valence-corrected chi connectivity index (χ4v) is 2.40. The lowest BCUT2D eigenvalue weighted by molar-refractivity contribution is -0.231. The Balaban J connectivity index is 2.05. The Labute approximate surface area is 148 Å². The van der Waals surface area contributed by atoms with Crippen LogP contribution >= 0.6 is 0 Å². The van der Waals surface area contributed by atoms with Gasteiger partial charge in [0.25, 0.3) is 11.8 Å². The van der Waals surface area contributed by atoms with Gasteiger partial charge < -0.3 is 9.47 Å². The SMILES string of the molecule is CCc1c(C(=O)OOC(=O)ON2C(=O)CCC2=O)ccc(OC)c1OC. The number of amides is 2. The summed E-state index contributed by atoms with van der Waals surface area (Å²) in [6.07, 6.45) is -1.26. The van der Waals surface area contributed by atoms with Crippen LogP contribution in [0.5, 0.6) is 11.5 Å². The van der Waals surface area contributed by atoms with Gasteiger partial charge in [0.2, 0.25) is 0 Å². The van der Waals surface area contributed by atoms with Gasteiger partial charge in [-0.15, -0.1) is 0 Å². The zero-order valence-corrected chi connectivity index (χ0v) is 14.4. The Kier molecular flexibility index (Phi) is 5.99. The first-order valence-electron chi connectivity index (χ1n) is 7.63. The number of imide groups is 1. The van der Waals surface area contributed by atoms with E-state index in [1.54, 1.807) is 6.92 Å². The predicted octanol–water partition coefficient (Wildman–Crippen LogP) is 1.56. The summed E-state index contributed by atoms with van der Waals surface area (Å²) in [5.41, 5.74) is 0.574. The molecule has 26 heavy (non-hydrogen) atoms. The van der Waals surface area contributed by atoms with Gasteiger partial charge in [0.05, 0.1) is 19.8 Å². The molecular weight excluding hydrogens is 350 g/mol. The Bertz CT molecular complexity index is 727. The van der Waals surface area contributed by atoms with Gasteiger partial charge in [0.1, 0.15) is 0 Å². The van der Waals surface area contributed by atoms with Crippen molar-refractivity contribution in [2.75, 3.05) is 14.2 Å². The molecule has 1 aromatic rings. The quantitative estimate of drug-likeness (QED) is 0.434. The maximum absolute atomic E-state index is 12.2. The summed E-state index contributed by atoms with van der Waals surface area (Å²) in [6.45, 7) is 1.79. The van der Waals surface area contributed by atoms with Crippen LogP contribution in [0.4, 0.5) is 4.79 Å². The van der Waals surface area contributed by atoms with E-state index in [0.717, 1.165) is 0 Å². The van der Waals surface area contributed by atoms with E-state index in [-0.39, 0.29) is 23.5 Å². The van der Waals surface area contributed by atoms with Crippen molar-refractivity contribution < 1.29 is 43.3 Å². The fourth-order valence-electron chi connectivity index (χ4n) is 2.40. The summed E-state index contributed by atoms with van der Waals surface area (Å²) in [5.74, 6) is -1.59. The Morgan fingerprint density at radius 1 is 1.04 bits per heavy atom. The van der Waals surface area contributed by atoms with Crippen LogP contribution in [0.3, 0.4) is 0 Å². The largest absolute Gasteiger partial charge is 0.576 e. The second-order valence-electron chi connectivity index (χ2n) is 5.06. The molecule has 0 aromatic heterocycles. The predicted molar refractivity (Wildman–Crippen MR) is 83.0 cm³/mol. The molecule has 0 unspecified atom stereocenters. The van der Waals surface area contributed by atoms with Gasteiger partial charge >= 0.3 is 12.1 Å². The van der Waals surface area contributed by atoms with Crippen molar-refractivity contribution in [2.24, 2.45) is 0 Å². The number of carbonyl (C=O) groups is 4. The minimum absolute atomic E-state index is 0.0720. The number of rotatable bonds is 5. The van der Waals surface area contributed by atoms with Crippen LogP contribution in [0, 0.1) is 0 Å². The van der Waals surface area contributed by atoms with Crippen LogP contribution in [-0.2, 0) is 30.6 Å². The molecule has 2 rings (SSSR count). The molecular formula is C16H17NO9. The lowest BCUT2D eigenvalue weighted by Crippen LogP contribution is -2.32. The number of carbonyl (C=O) groups excluding carboxylic acids is 4. The molecule has 1 saturated heterocycles. The third-order valence-corrected chi connectivity index (χ3v) is 3.58. The summed E-state index contributed by atoms with van der Waals surface area (Å²) < 4.78 is 10.4. The maximum atomic E-state index is 12.2. The molecule has 1 aromatic carbocycles. The first-order valence-corrected chi connectivity index (χ1v) is 7.63. The molecule has 0 atom stereocenters. The summed E-state index contributed by atoms with van der Waals surface area (Å²) in [6, 6.07) is 2.92. The van der Waals surface area contributed by atoms with Crippen molar-refractivity contribution in [3.8, 4) is 11.5 Å². The summed E-state index contributed by atoms with van der Waals surface area (Å²) in [7, 11) is 2.87. The molecule has 10 heteroatoms. The number of benzene rings is 1. The van der Waals surface area contributed by atoms with E-state index in [1.165, 1.54) is 26.4 Å². The van der Waals surface area contributed by atoms with Crippen molar-refractivity contribution in [1.82, 2.24) is 5.06 Å². The van der Waals surface area contributed by atoms with Crippen molar-refractivity contribution in [1.29, 1.82) is 0 Å². The molecule has 10 nitrogen and oxygen atoms in total. The van der Waals surface area contributed by atoms with Gasteiger partial charge in [-0.25, -0.2) is 14.6 Å². The molecule has 0 radical (unpaired) electrons. The molecule has 140 valence electrons. The second kappa shape index (κ2) is 8.19. The van der Waals surface area contributed by atoms with Gasteiger partial charge in [0.15, 0.2) is 11.5 Å². The number of nitrogens with zero attached hydrogens (tertiary/aromatic N) is 1. The van der Waals surface area contributed by atoms with Crippen LogP contribution in [0.2, 0.25) is 0 Å². The Morgan fingerprint density at radius 3 is 2.23 bits per heavy atom. The number of hydrogen-bond acceptors (Lipinski definition) is 9. The van der Waals surface area contributed by atoms with Gasteiger partial charge in [-0.2, -0.15) is 4.79 Å². The van der Waals surface area contributed by atoms with Crippen LogP contribution < -0.4 is 9.47 Å². The lowest BCUT2D eigenvalue weighted by atomic mass is 10.0. The summed E-state index contributed by atoms with van der Waals surface area (Å²) in [5, 5.41) is 0.268. The molecule has 0 N–H and O–H groups in total. The zero-order chi connectivity index (χ0) is 19.3. The van der Waals surface area contributed by atoms with E-state index in [9.17, 15) is 19.2 Å². The Hall–Kier alpha value is -3.30. The average molecular weight is 367 g/mol. The standard InChI is InChI=1S/C16H17NO9/c1-4-9-10(5-6-11(22-2)14(9)23-3)15(20)25-26-16(21)24-17-12(18)7-8-13(17)19/h5-6H,4,7-8H2,1-3H3. The normalized spacial score (nSPS) is 13.4. The van der Waals surface area contributed by atoms with Crippen LogP contribution in [0.25, 0.3) is 0 Å². The highest BCUT2D eigenvalue weighted by molar-refractivity contribution is 6.01. The van der Waals surface area contributed by atoms with Gasteiger partial charge in [-0.05, 0) is 18.6 Å². The molecule has 1 heterocycles. The summed E-state index contributed by atoms with van der Waals surface area (Å²) in [4.78, 5) is 59.4. The van der Waals surface area contributed by atoms with E-state index in [4.69, 9.17) is 9.47 Å². The van der Waals surface area contributed by atoms with E-state index in [0.29, 0.717) is 23.5 Å². The van der Waals surface area contributed by atoms with Crippen molar-refractivity contribution in [3.05, 3.63) is 23.3 Å². The highest BCUT2D eigenvalue weighted by Gasteiger charge is 2.34. The van der Waals surface area contributed by atoms with E-state index >= 15 is 0 Å². The van der Waals surface area contributed by atoms with Gasteiger partial charge in [-0.3, -0.25) is 14.4 Å². The first-order chi connectivity index (χ1) is 12.4. The second-order valence-corrected chi connectivity index (χ2v) is 5.06. The minimum atomic E-state index is -1.53. The topological polar surface area (TPSA) is 118 Å². The molecule has 0 bridgehead atoms. The third kappa shape index (κ3) is 3.85. The number of hydrogen-bond donors (Lipinski definition) is 0. The molecule has 1 fully saturated rings. The van der Waals surface area contributed by atoms with Gasteiger partial charge in [-0.1, -0.05) is 12.0 Å². The summed E-state index contributed by atoms with van der Waals surface area (Å²) >= 11 is 0. The van der Waals surface area contributed by atoms with E-state index in [1.807, 2.05) is 0 Å². The number of ether oxygens (including phenoxy) is 2. The average Bonchev–Trinajstić information content (AvgIpc) is 2.96. The highest BCUT2D eigenvalue weighted by Crippen LogP contribution is 2.34. The molecule has 0 spiro atoms. The van der Waals surface area contributed by atoms with Crippen LogP contribution in [-0.4, -0.2) is 43.2 Å². The molecule has 2 amide bonds.